The maximum Gasteiger partial charge on any atom is 0.310 e. The van der Waals surface area contributed by atoms with Crippen molar-refractivity contribution in [1.82, 2.24) is 4.90 Å². The largest absolute Gasteiger partial charge is 0.469 e. The molecule has 0 bridgehead atoms. The number of methoxy groups -OCH3 is 1. The minimum Gasteiger partial charge on any atom is -0.469 e. The van der Waals surface area contributed by atoms with Crippen molar-refractivity contribution in [2.75, 3.05) is 20.2 Å². The first-order chi connectivity index (χ1) is 9.70. The summed E-state index contributed by atoms with van der Waals surface area (Å²) in [4.78, 5) is 25.4. The van der Waals surface area contributed by atoms with Gasteiger partial charge < -0.3 is 9.64 Å². The molecule has 0 radical (unpaired) electrons. The van der Waals surface area contributed by atoms with Crippen LogP contribution in [-0.4, -0.2) is 37.0 Å². The van der Waals surface area contributed by atoms with E-state index in [0.717, 1.165) is 18.4 Å². The highest BCUT2D eigenvalue weighted by Gasteiger charge is 2.27. The summed E-state index contributed by atoms with van der Waals surface area (Å²) in [6.07, 6.45) is 4.99. The van der Waals surface area contributed by atoms with Crippen LogP contribution < -0.4 is 0 Å². The van der Waals surface area contributed by atoms with Gasteiger partial charge in [0.25, 0.3) is 0 Å². The van der Waals surface area contributed by atoms with Crippen LogP contribution >= 0.6 is 0 Å². The van der Waals surface area contributed by atoms with Crippen molar-refractivity contribution in [2.45, 2.75) is 12.8 Å². The molecule has 0 aliphatic carbocycles. The van der Waals surface area contributed by atoms with E-state index in [1.807, 2.05) is 30.3 Å². The Morgan fingerprint density at radius 3 is 2.75 bits per heavy atom. The number of rotatable bonds is 3. The van der Waals surface area contributed by atoms with Gasteiger partial charge in [0.15, 0.2) is 0 Å². The number of nitrogens with zero attached hydrogens (tertiary/aromatic N) is 1. The first kappa shape index (κ1) is 14.3. The van der Waals surface area contributed by atoms with Crippen molar-refractivity contribution in [3.8, 4) is 0 Å². The molecule has 106 valence electrons. The maximum absolute atomic E-state index is 12.1. The Hall–Kier alpha value is -2.10. The number of carbonyl (C=O) groups is 2. The van der Waals surface area contributed by atoms with E-state index >= 15 is 0 Å². The summed E-state index contributed by atoms with van der Waals surface area (Å²) in [5, 5.41) is 0. The third-order valence-corrected chi connectivity index (χ3v) is 3.49. The third kappa shape index (κ3) is 3.70. The highest BCUT2D eigenvalue weighted by molar-refractivity contribution is 5.92. The Labute approximate surface area is 119 Å². The number of carbonyl (C=O) groups excluding carboxylic acids is 2. The number of benzene rings is 1. The van der Waals surface area contributed by atoms with Crippen LogP contribution in [0.4, 0.5) is 0 Å². The lowest BCUT2D eigenvalue weighted by Crippen LogP contribution is -2.41. The molecule has 1 fully saturated rings. The second-order valence-corrected chi connectivity index (χ2v) is 4.89. The number of amides is 1. The smallest absolute Gasteiger partial charge is 0.310 e. The maximum atomic E-state index is 12.1. The number of likely N-dealkylation sites (tertiary alicyclic amines) is 1. The number of ether oxygens (including phenoxy) is 1. The van der Waals surface area contributed by atoms with Crippen LogP contribution in [0, 0.1) is 5.92 Å². The topological polar surface area (TPSA) is 46.6 Å². The second-order valence-electron chi connectivity index (χ2n) is 4.89. The van der Waals surface area contributed by atoms with Gasteiger partial charge in [-0.2, -0.15) is 0 Å². The van der Waals surface area contributed by atoms with Crippen LogP contribution in [0.3, 0.4) is 0 Å². The van der Waals surface area contributed by atoms with Gasteiger partial charge in [-0.3, -0.25) is 9.59 Å². The molecule has 0 saturated carbocycles. The van der Waals surface area contributed by atoms with E-state index in [4.69, 9.17) is 4.74 Å². The first-order valence-corrected chi connectivity index (χ1v) is 6.80. The monoisotopic (exact) mass is 273 g/mol. The van der Waals surface area contributed by atoms with E-state index in [1.165, 1.54) is 7.11 Å². The molecular weight excluding hydrogens is 254 g/mol. The fourth-order valence-electron chi connectivity index (χ4n) is 2.37. The summed E-state index contributed by atoms with van der Waals surface area (Å²) in [5.41, 5.74) is 0.988. The molecule has 4 heteroatoms. The van der Waals surface area contributed by atoms with Gasteiger partial charge >= 0.3 is 5.97 Å². The van der Waals surface area contributed by atoms with Gasteiger partial charge in [-0.05, 0) is 24.5 Å². The molecule has 0 spiro atoms. The van der Waals surface area contributed by atoms with Crippen molar-refractivity contribution in [3.63, 3.8) is 0 Å². The molecule has 0 N–H and O–H groups in total. The zero-order valence-corrected chi connectivity index (χ0v) is 11.6. The molecule has 1 aliphatic heterocycles. The predicted molar refractivity (Wildman–Crippen MR) is 76.8 cm³/mol. The van der Waals surface area contributed by atoms with E-state index in [9.17, 15) is 9.59 Å². The minimum atomic E-state index is -0.227. The summed E-state index contributed by atoms with van der Waals surface area (Å²) >= 11 is 0. The number of hydrogen-bond acceptors (Lipinski definition) is 3. The summed E-state index contributed by atoms with van der Waals surface area (Å²) in [6, 6.07) is 9.68. The molecule has 20 heavy (non-hydrogen) atoms. The molecule has 0 aromatic heterocycles. The lowest BCUT2D eigenvalue weighted by atomic mass is 9.98. The van der Waals surface area contributed by atoms with E-state index in [0.29, 0.717) is 13.1 Å². The van der Waals surface area contributed by atoms with Crippen molar-refractivity contribution in [2.24, 2.45) is 5.92 Å². The van der Waals surface area contributed by atoms with Crippen LogP contribution in [0.2, 0.25) is 0 Å². The average molecular weight is 273 g/mol. The van der Waals surface area contributed by atoms with Gasteiger partial charge in [0, 0.05) is 19.2 Å². The Balaban J connectivity index is 1.95. The molecule has 2 rings (SSSR count). The summed E-state index contributed by atoms with van der Waals surface area (Å²) in [5.74, 6) is -0.472. The van der Waals surface area contributed by atoms with Crippen LogP contribution in [0.15, 0.2) is 36.4 Å². The van der Waals surface area contributed by atoms with E-state index in [1.54, 1.807) is 17.1 Å². The normalized spacial score (nSPS) is 19.1. The molecule has 1 aliphatic rings. The lowest BCUT2D eigenvalue weighted by Gasteiger charge is -2.30. The molecule has 1 amide bonds. The molecule has 1 atom stereocenters. The quantitative estimate of drug-likeness (QED) is 0.626. The van der Waals surface area contributed by atoms with E-state index in [2.05, 4.69) is 0 Å². The molecule has 1 aromatic carbocycles. The Morgan fingerprint density at radius 2 is 2.05 bits per heavy atom. The van der Waals surface area contributed by atoms with Gasteiger partial charge in [-0.15, -0.1) is 0 Å². The van der Waals surface area contributed by atoms with Gasteiger partial charge in [0.05, 0.1) is 13.0 Å². The zero-order valence-electron chi connectivity index (χ0n) is 11.6. The summed E-state index contributed by atoms with van der Waals surface area (Å²) in [6.45, 7) is 1.15. The molecule has 0 unspecified atom stereocenters. The van der Waals surface area contributed by atoms with Crippen LogP contribution in [-0.2, 0) is 14.3 Å². The number of esters is 1. The summed E-state index contributed by atoms with van der Waals surface area (Å²) < 4.78 is 4.75. The summed E-state index contributed by atoms with van der Waals surface area (Å²) in [7, 11) is 1.39. The Morgan fingerprint density at radius 1 is 1.30 bits per heavy atom. The van der Waals surface area contributed by atoms with Crippen LogP contribution in [0.25, 0.3) is 6.08 Å². The fourth-order valence-corrected chi connectivity index (χ4v) is 2.37. The Kier molecular flexibility index (Phi) is 4.93. The van der Waals surface area contributed by atoms with Crippen molar-refractivity contribution in [1.29, 1.82) is 0 Å². The van der Waals surface area contributed by atoms with Gasteiger partial charge in [-0.1, -0.05) is 30.3 Å². The molecule has 1 saturated heterocycles. The predicted octanol–water partition coefficient (Wildman–Crippen LogP) is 2.11. The van der Waals surface area contributed by atoms with Crippen LogP contribution in [0.5, 0.6) is 0 Å². The van der Waals surface area contributed by atoms with Gasteiger partial charge in [0.1, 0.15) is 0 Å². The highest BCUT2D eigenvalue weighted by Crippen LogP contribution is 2.18. The lowest BCUT2D eigenvalue weighted by molar-refractivity contribution is -0.148. The van der Waals surface area contributed by atoms with E-state index < -0.39 is 0 Å². The average Bonchev–Trinajstić information content (AvgIpc) is 2.53. The molecular formula is C16H19NO3. The molecule has 1 heterocycles. The highest BCUT2D eigenvalue weighted by atomic mass is 16.5. The van der Waals surface area contributed by atoms with Crippen molar-refractivity contribution >= 4 is 18.0 Å². The van der Waals surface area contributed by atoms with Gasteiger partial charge in [-0.25, -0.2) is 0 Å². The first-order valence-electron chi connectivity index (χ1n) is 6.80. The van der Waals surface area contributed by atoms with E-state index in [-0.39, 0.29) is 17.8 Å². The Bertz CT molecular complexity index is 496. The zero-order chi connectivity index (χ0) is 14.4. The van der Waals surface area contributed by atoms with Crippen molar-refractivity contribution < 1.29 is 14.3 Å². The second kappa shape index (κ2) is 6.89. The minimum absolute atomic E-state index is 0.0533. The number of hydrogen-bond donors (Lipinski definition) is 0. The van der Waals surface area contributed by atoms with Crippen molar-refractivity contribution in [3.05, 3.63) is 42.0 Å². The third-order valence-electron chi connectivity index (χ3n) is 3.49. The van der Waals surface area contributed by atoms with Crippen LogP contribution in [0.1, 0.15) is 18.4 Å². The number of piperidine rings is 1. The molecule has 1 aromatic rings. The fraction of sp³-hybridized carbons (Fsp3) is 0.375. The standard InChI is InChI=1S/C16H19NO3/c1-20-16(19)14-8-5-11-17(12-14)15(18)10-9-13-6-3-2-4-7-13/h2-4,6-7,9-10,14H,5,8,11-12H2,1H3/b10-9+/t14-/m0/s1. The SMILES string of the molecule is COC(=O)[C@H]1CCCN(C(=O)/C=C/c2ccccc2)C1. The van der Waals surface area contributed by atoms with Gasteiger partial charge in [0.2, 0.25) is 5.91 Å². The molecule has 4 nitrogen and oxygen atoms in total.